The van der Waals surface area contributed by atoms with Crippen LogP contribution in [0.15, 0.2) is 11.1 Å². The first-order valence-electron chi connectivity index (χ1n) is 17.1. The van der Waals surface area contributed by atoms with Crippen LogP contribution in [0, 0.1) is 40.4 Å². The number of carbonyl (C=O) groups excluding carboxylic acids is 2. The van der Waals surface area contributed by atoms with Gasteiger partial charge < -0.3 is 49.6 Å². The van der Waals surface area contributed by atoms with E-state index in [0.29, 0.717) is 23.8 Å². The van der Waals surface area contributed by atoms with E-state index >= 15 is 0 Å². The lowest BCUT2D eigenvalue weighted by Crippen LogP contribution is -2.68. The van der Waals surface area contributed by atoms with Crippen LogP contribution in [0.2, 0.25) is 0 Å². The molecule has 0 bridgehead atoms. The molecule has 2 saturated heterocycles. The monoisotopic (exact) mass is 650 g/mol. The minimum absolute atomic E-state index is 0.00179. The fourth-order valence-corrected chi connectivity index (χ4v) is 11.4. The summed E-state index contributed by atoms with van der Waals surface area (Å²) in [5.41, 5.74) is -0.631. The third kappa shape index (κ3) is 4.44. The van der Waals surface area contributed by atoms with E-state index in [-0.39, 0.29) is 54.2 Å². The van der Waals surface area contributed by atoms with Gasteiger partial charge in [-0.15, -0.1) is 0 Å². The van der Waals surface area contributed by atoms with E-state index in [1.54, 1.807) is 0 Å². The van der Waals surface area contributed by atoms with Crippen LogP contribution in [-0.2, 0) is 28.5 Å². The maximum atomic E-state index is 13.6. The van der Waals surface area contributed by atoms with Gasteiger partial charge in [0.25, 0.3) is 0 Å². The Morgan fingerprint density at radius 2 is 1.72 bits per heavy atom. The maximum absolute atomic E-state index is 13.6. The number of epoxide rings is 1. The Morgan fingerprint density at radius 1 is 0.978 bits per heavy atom. The fraction of sp³-hybridized carbons (Fsp3) is 0.882. The van der Waals surface area contributed by atoms with Crippen molar-refractivity contribution >= 4 is 11.8 Å². The Bertz CT molecular complexity index is 1280. The van der Waals surface area contributed by atoms with Crippen LogP contribution in [0.1, 0.15) is 72.6 Å². The summed E-state index contributed by atoms with van der Waals surface area (Å²) in [6, 6.07) is 0. The van der Waals surface area contributed by atoms with Crippen LogP contribution < -0.4 is 0 Å². The second-order valence-electron chi connectivity index (χ2n) is 15.9. The third-order valence-electron chi connectivity index (χ3n) is 14.1. The van der Waals surface area contributed by atoms with Gasteiger partial charge in [0.2, 0.25) is 0 Å². The molecule has 6 fully saturated rings. The molecule has 7 aliphatic rings. The van der Waals surface area contributed by atoms with Gasteiger partial charge >= 0.3 is 5.97 Å². The van der Waals surface area contributed by atoms with Crippen LogP contribution in [0.3, 0.4) is 0 Å². The van der Waals surface area contributed by atoms with E-state index < -0.39 is 66.5 Å². The van der Waals surface area contributed by atoms with Crippen molar-refractivity contribution in [2.45, 2.75) is 133 Å². The molecule has 0 radical (unpaired) electrons. The van der Waals surface area contributed by atoms with Crippen molar-refractivity contribution in [3.05, 3.63) is 11.1 Å². The highest BCUT2D eigenvalue weighted by Crippen LogP contribution is 2.73. The predicted molar refractivity (Wildman–Crippen MR) is 159 cm³/mol. The average molecular weight is 651 g/mol. The number of cyclic esters (lactones) is 1. The van der Waals surface area contributed by atoms with Gasteiger partial charge in [-0.05, 0) is 81.0 Å². The molecule has 1 unspecified atom stereocenters. The summed E-state index contributed by atoms with van der Waals surface area (Å²) >= 11 is 0. The number of rotatable bonds is 6. The first-order chi connectivity index (χ1) is 21.7. The van der Waals surface area contributed by atoms with Crippen LogP contribution in [-0.4, -0.2) is 116 Å². The minimum atomic E-state index is -1.57. The van der Waals surface area contributed by atoms with Gasteiger partial charge in [-0.3, -0.25) is 4.79 Å². The van der Waals surface area contributed by atoms with Crippen molar-refractivity contribution in [3.63, 3.8) is 0 Å². The molecule has 12 nitrogen and oxygen atoms in total. The molecule has 0 aromatic heterocycles. The molecule has 12 heteroatoms. The molecule has 0 aromatic carbocycles. The van der Waals surface area contributed by atoms with Gasteiger partial charge in [-0.1, -0.05) is 19.4 Å². The summed E-state index contributed by atoms with van der Waals surface area (Å²) in [6.07, 6.45) is -4.63. The highest BCUT2D eigenvalue weighted by Gasteiger charge is 2.82. The zero-order valence-corrected chi connectivity index (χ0v) is 27.1. The summed E-state index contributed by atoms with van der Waals surface area (Å²) in [5, 5.41) is 61.3. The standard InChI is InChI=1S/C34H50O12/c1-14-9-22(44-30(42)17(14)13-43-31-28(40)27(39)26(38)23(12-35)45-31)15(2)18-5-6-19-16-10-25-34(46-25)29(41)21(36)11-24(37)33(34,4)20(16)7-8-32(18,19)3/h15-16,18-23,25-29,31,35-36,38-41H,5-13H2,1-4H3/t15-,16-,18+,19-,20-,21-,22?,23+,25+,26+,27-,28+,29-,31+,32+,33-,34-/m0/s1. The Labute approximate surface area is 269 Å². The van der Waals surface area contributed by atoms with Gasteiger partial charge in [-0.2, -0.15) is 0 Å². The quantitative estimate of drug-likeness (QED) is 0.171. The number of aliphatic hydroxyl groups is 6. The molecule has 6 N–H and O–H groups in total. The molecule has 0 aromatic rings. The Hall–Kier alpha value is -1.48. The second kappa shape index (κ2) is 11.3. The third-order valence-corrected chi connectivity index (χ3v) is 14.1. The van der Waals surface area contributed by atoms with Gasteiger partial charge in [0.05, 0.1) is 36.4 Å². The molecule has 1 spiro atoms. The molecule has 258 valence electrons. The number of hydrogen-bond acceptors (Lipinski definition) is 12. The van der Waals surface area contributed by atoms with E-state index in [2.05, 4.69) is 13.8 Å². The number of aliphatic hydroxyl groups excluding tert-OH is 6. The number of fused-ring (bicyclic) bond motifs is 4. The van der Waals surface area contributed by atoms with Gasteiger partial charge in [0.15, 0.2) is 6.29 Å². The van der Waals surface area contributed by atoms with Crippen molar-refractivity contribution in [2.75, 3.05) is 13.2 Å². The Morgan fingerprint density at radius 3 is 2.41 bits per heavy atom. The van der Waals surface area contributed by atoms with Crippen molar-refractivity contribution in [1.82, 2.24) is 0 Å². The molecule has 3 heterocycles. The number of ketones is 1. The van der Waals surface area contributed by atoms with Crippen molar-refractivity contribution < 1.29 is 59.2 Å². The smallest absolute Gasteiger partial charge is 0.336 e. The molecule has 3 aliphatic heterocycles. The highest BCUT2D eigenvalue weighted by molar-refractivity contribution is 5.90. The highest BCUT2D eigenvalue weighted by atomic mass is 16.7. The van der Waals surface area contributed by atoms with E-state index in [9.17, 15) is 40.2 Å². The number of carbonyl (C=O) groups is 2. The SMILES string of the molecule is CC1=C(CO[C@@H]2O[C@H](CO)[C@@H](O)[C@H](O)[C@H]2O)C(=O)OC([C@@H](C)[C@H]2CC[C@H]3[C@@H]4C[C@H]5O[C@]56[C@@H](O)[C@@H](O)CC(=O)[C@]6(C)[C@H]4CC[C@]23C)C1. The fourth-order valence-electron chi connectivity index (χ4n) is 11.4. The number of Topliss-reactive ketones (excluding diaryl/α,β-unsaturated/α-hetero) is 1. The van der Waals surface area contributed by atoms with Gasteiger partial charge in [0.1, 0.15) is 48.0 Å². The number of ether oxygens (including phenoxy) is 4. The molecule has 0 amide bonds. The lowest BCUT2D eigenvalue weighted by Gasteiger charge is -2.59. The van der Waals surface area contributed by atoms with E-state index in [1.807, 2.05) is 13.8 Å². The molecule has 4 aliphatic carbocycles. The van der Waals surface area contributed by atoms with Crippen molar-refractivity contribution in [3.8, 4) is 0 Å². The summed E-state index contributed by atoms with van der Waals surface area (Å²) < 4.78 is 23.3. The Kier molecular flexibility index (Phi) is 8.10. The van der Waals surface area contributed by atoms with E-state index in [4.69, 9.17) is 18.9 Å². The van der Waals surface area contributed by atoms with Crippen LogP contribution in [0.5, 0.6) is 0 Å². The topological polar surface area (TPSA) is 196 Å². The first-order valence-corrected chi connectivity index (χ1v) is 17.1. The van der Waals surface area contributed by atoms with Gasteiger partial charge in [-0.25, -0.2) is 4.79 Å². The van der Waals surface area contributed by atoms with Crippen LogP contribution >= 0.6 is 0 Å². The molecule has 7 rings (SSSR count). The lowest BCUT2D eigenvalue weighted by atomic mass is 9.43. The minimum Gasteiger partial charge on any atom is -0.458 e. The predicted octanol–water partition coefficient (Wildman–Crippen LogP) is 0.372. The van der Waals surface area contributed by atoms with E-state index in [1.165, 1.54) is 0 Å². The average Bonchev–Trinajstić information content (AvgIpc) is 3.65. The van der Waals surface area contributed by atoms with Crippen molar-refractivity contribution in [1.29, 1.82) is 0 Å². The largest absolute Gasteiger partial charge is 0.458 e. The van der Waals surface area contributed by atoms with Crippen molar-refractivity contribution in [2.24, 2.45) is 40.4 Å². The molecular formula is C34H50O12. The molecule has 4 saturated carbocycles. The summed E-state index contributed by atoms with van der Waals surface area (Å²) in [6.45, 7) is 7.60. The number of esters is 1. The zero-order valence-electron chi connectivity index (χ0n) is 27.1. The maximum Gasteiger partial charge on any atom is 0.336 e. The molecule has 17 atom stereocenters. The molecule has 46 heavy (non-hydrogen) atoms. The number of hydrogen-bond donors (Lipinski definition) is 6. The normalized spacial score (nSPS) is 53.9. The molecular weight excluding hydrogens is 600 g/mol. The second-order valence-corrected chi connectivity index (χ2v) is 15.9. The van der Waals surface area contributed by atoms with Crippen LogP contribution in [0.4, 0.5) is 0 Å². The lowest BCUT2D eigenvalue weighted by molar-refractivity contribution is -0.299. The van der Waals surface area contributed by atoms with Gasteiger partial charge in [0, 0.05) is 12.8 Å². The Balaban J connectivity index is 1.03. The summed E-state index contributed by atoms with van der Waals surface area (Å²) in [4.78, 5) is 26.9. The van der Waals surface area contributed by atoms with Crippen LogP contribution in [0.25, 0.3) is 0 Å². The summed E-state index contributed by atoms with van der Waals surface area (Å²) in [7, 11) is 0. The zero-order chi connectivity index (χ0) is 33.1. The van der Waals surface area contributed by atoms with E-state index in [0.717, 1.165) is 37.7 Å². The first kappa shape index (κ1) is 33.0. The summed E-state index contributed by atoms with van der Waals surface area (Å²) in [5.74, 6) is 0.677.